The summed E-state index contributed by atoms with van der Waals surface area (Å²) < 4.78 is 0. The van der Waals surface area contributed by atoms with Crippen LogP contribution in [0.5, 0.6) is 0 Å². The summed E-state index contributed by atoms with van der Waals surface area (Å²) in [5.74, 6) is 0. The molecule has 4 rings (SSSR count). The van der Waals surface area contributed by atoms with Crippen LogP contribution < -0.4 is 10.4 Å². The summed E-state index contributed by atoms with van der Waals surface area (Å²) in [4.78, 5) is 0. The van der Waals surface area contributed by atoms with E-state index >= 15 is 0 Å². The SMILES string of the molecule is Cl[Si](c1ccccc1)c1ccccc1.[CH]1[CH][CH][CH][CH]1.[CH]1[CH][CH][CH][CH]1.[Nb+2]. The van der Waals surface area contributed by atoms with Gasteiger partial charge in [0.05, 0.1) is 0 Å². The first-order chi connectivity index (χ1) is 11.9. The van der Waals surface area contributed by atoms with Gasteiger partial charge < -0.3 is 0 Å². The third kappa shape index (κ3) is 9.82. The van der Waals surface area contributed by atoms with Gasteiger partial charge in [0.25, 0.3) is 0 Å². The first kappa shape index (κ1) is 22.7. The fourth-order valence-electron chi connectivity index (χ4n) is 1.98. The minimum atomic E-state index is -1.07. The first-order valence-corrected chi connectivity index (χ1v) is 10.4. The molecule has 0 aliphatic heterocycles. The molecule has 0 spiro atoms. The van der Waals surface area contributed by atoms with Crippen LogP contribution in [0.1, 0.15) is 0 Å². The third-order valence-corrected chi connectivity index (χ3v) is 6.16. The molecule has 0 amide bonds. The average molecular weight is 441 g/mol. The monoisotopic (exact) mass is 440 g/mol. The zero-order valence-electron chi connectivity index (χ0n) is 13.9. The standard InChI is InChI=1S/C12H10ClSi.2C5H5.Nb/c13-14(11-7-3-1-4-8-11)12-9-5-2-6-10-12;2*1-2-4-5-3-1;/h1-10H;2*1-5H;/q;;;+2. The summed E-state index contributed by atoms with van der Waals surface area (Å²) in [6, 6.07) is 20.5. The number of rotatable bonds is 2. The van der Waals surface area contributed by atoms with Crippen LogP contribution in [0.25, 0.3) is 0 Å². The second-order valence-electron chi connectivity index (χ2n) is 4.97. The second-order valence-corrected chi connectivity index (χ2v) is 7.89. The summed E-state index contributed by atoms with van der Waals surface area (Å²) >= 11 is 6.43. The largest absolute Gasteiger partial charge is 2.00 e. The molecule has 0 unspecified atom stereocenters. The Morgan fingerprint density at radius 3 is 0.920 bits per heavy atom. The molecule has 2 aliphatic rings. The van der Waals surface area contributed by atoms with Gasteiger partial charge in [0.2, 0.25) is 8.11 Å². The normalized spacial score (nSPS) is 15.4. The molecule has 0 aromatic heterocycles. The van der Waals surface area contributed by atoms with Crippen LogP contribution in [0.15, 0.2) is 60.7 Å². The number of hydrogen-bond donors (Lipinski definition) is 0. The van der Waals surface area contributed by atoms with Crippen LogP contribution in [0.3, 0.4) is 0 Å². The third-order valence-electron chi connectivity index (χ3n) is 3.17. The molecule has 0 N–H and O–H groups in total. The molecule has 0 saturated heterocycles. The van der Waals surface area contributed by atoms with Gasteiger partial charge in [0.1, 0.15) is 0 Å². The Balaban J connectivity index is 0.000000233. The maximum atomic E-state index is 6.43. The molecule has 3 heteroatoms. The van der Waals surface area contributed by atoms with Crippen LogP contribution in [-0.4, -0.2) is 8.11 Å². The topological polar surface area (TPSA) is 0 Å². The predicted molar refractivity (Wildman–Crippen MR) is 107 cm³/mol. The van der Waals surface area contributed by atoms with Gasteiger partial charge in [0, 0.05) is 0 Å². The molecular formula is C22H20ClNbSi+2. The van der Waals surface area contributed by atoms with Gasteiger partial charge in [-0.15, -0.1) is 0 Å². The van der Waals surface area contributed by atoms with Crippen molar-refractivity contribution in [2.75, 3.05) is 0 Å². The van der Waals surface area contributed by atoms with Crippen LogP contribution in [0.2, 0.25) is 0 Å². The zero-order valence-corrected chi connectivity index (χ0v) is 17.8. The molecule has 2 aromatic carbocycles. The van der Waals surface area contributed by atoms with E-state index in [1.165, 1.54) is 10.4 Å². The van der Waals surface area contributed by atoms with Crippen LogP contribution in [0.4, 0.5) is 0 Å². The van der Waals surface area contributed by atoms with Gasteiger partial charge in [-0.05, 0) is 74.6 Å². The molecule has 2 saturated carbocycles. The van der Waals surface area contributed by atoms with Crippen molar-refractivity contribution < 1.29 is 22.4 Å². The molecule has 122 valence electrons. The molecular weight excluding hydrogens is 421 g/mol. The summed E-state index contributed by atoms with van der Waals surface area (Å²) in [7, 11) is -1.07. The molecule has 0 bridgehead atoms. The van der Waals surface area contributed by atoms with Crippen molar-refractivity contribution >= 4 is 29.6 Å². The average Bonchev–Trinajstić information content (AvgIpc) is 3.41. The summed E-state index contributed by atoms with van der Waals surface area (Å²) in [6.45, 7) is 0. The Kier molecular flexibility index (Phi) is 13.5. The Hall–Kier alpha value is -0.313. The van der Waals surface area contributed by atoms with Crippen molar-refractivity contribution in [3.63, 3.8) is 0 Å². The van der Waals surface area contributed by atoms with Crippen molar-refractivity contribution in [3.05, 3.63) is 125 Å². The quantitative estimate of drug-likeness (QED) is 0.488. The van der Waals surface area contributed by atoms with Crippen molar-refractivity contribution in [1.29, 1.82) is 0 Å². The molecule has 25 heavy (non-hydrogen) atoms. The molecule has 0 atom stereocenters. The van der Waals surface area contributed by atoms with Gasteiger partial charge in [-0.1, -0.05) is 60.7 Å². The van der Waals surface area contributed by atoms with Gasteiger partial charge in [-0.25, -0.2) is 0 Å². The second kappa shape index (κ2) is 14.8. The van der Waals surface area contributed by atoms with Crippen molar-refractivity contribution in [1.82, 2.24) is 0 Å². The van der Waals surface area contributed by atoms with Crippen LogP contribution >= 0.6 is 11.1 Å². The number of halogens is 1. The molecule has 0 nitrogen and oxygen atoms in total. The van der Waals surface area contributed by atoms with Crippen molar-refractivity contribution in [2.45, 2.75) is 0 Å². The minimum Gasteiger partial charge on any atom is -0.156 e. The van der Waals surface area contributed by atoms with E-state index in [9.17, 15) is 0 Å². The molecule has 12 radical (unpaired) electrons. The predicted octanol–water partition coefficient (Wildman–Crippen LogP) is 4.07. The molecule has 2 fully saturated rings. The maximum absolute atomic E-state index is 6.43. The Morgan fingerprint density at radius 2 is 0.680 bits per heavy atom. The minimum absolute atomic E-state index is 0. The summed E-state index contributed by atoms with van der Waals surface area (Å²) in [5.41, 5.74) is 0. The van der Waals surface area contributed by atoms with Gasteiger partial charge in [0.15, 0.2) is 0 Å². The van der Waals surface area contributed by atoms with Crippen molar-refractivity contribution in [2.24, 2.45) is 0 Å². The maximum Gasteiger partial charge on any atom is 2.00 e. The van der Waals surface area contributed by atoms with Gasteiger partial charge in [-0.2, -0.15) is 11.1 Å². The molecule has 2 aromatic rings. The van der Waals surface area contributed by atoms with Crippen LogP contribution in [-0.2, 0) is 22.4 Å². The van der Waals surface area contributed by atoms with E-state index in [2.05, 4.69) is 24.3 Å². The Labute approximate surface area is 176 Å². The van der Waals surface area contributed by atoms with E-state index in [0.29, 0.717) is 0 Å². The van der Waals surface area contributed by atoms with E-state index in [-0.39, 0.29) is 22.4 Å². The first-order valence-electron chi connectivity index (χ1n) is 7.84. The van der Waals surface area contributed by atoms with E-state index in [0.717, 1.165) is 0 Å². The Bertz CT molecular complexity index is 460. The number of benzene rings is 2. The smallest absolute Gasteiger partial charge is 0.156 e. The summed E-state index contributed by atoms with van der Waals surface area (Å²) in [5, 5.41) is 2.48. The van der Waals surface area contributed by atoms with Crippen molar-refractivity contribution in [3.8, 4) is 0 Å². The fourth-order valence-corrected chi connectivity index (χ4v) is 4.04. The van der Waals surface area contributed by atoms with Crippen LogP contribution in [0, 0.1) is 64.2 Å². The fraction of sp³-hybridized carbons (Fsp3) is 0. The van der Waals surface area contributed by atoms with Gasteiger partial charge >= 0.3 is 22.4 Å². The number of hydrogen-bond acceptors (Lipinski definition) is 0. The Morgan fingerprint density at radius 1 is 0.440 bits per heavy atom. The zero-order chi connectivity index (χ0) is 16.9. The van der Waals surface area contributed by atoms with E-state index in [1.54, 1.807) is 0 Å². The molecule has 0 heterocycles. The van der Waals surface area contributed by atoms with Gasteiger partial charge in [-0.3, -0.25) is 0 Å². The van der Waals surface area contributed by atoms with E-state index < -0.39 is 8.11 Å². The summed E-state index contributed by atoms with van der Waals surface area (Å²) in [6.07, 6.45) is 20.0. The van der Waals surface area contributed by atoms with E-state index in [4.69, 9.17) is 11.1 Å². The molecule has 2 aliphatic carbocycles. The van der Waals surface area contributed by atoms with E-state index in [1.807, 2.05) is 101 Å².